The molecule has 0 spiro atoms. The van der Waals surface area contributed by atoms with Crippen LogP contribution in [-0.4, -0.2) is 35.2 Å². The fraction of sp³-hybridized carbons (Fsp3) is 0.273. The molecule has 0 radical (unpaired) electrons. The van der Waals surface area contributed by atoms with Crippen molar-refractivity contribution in [1.82, 2.24) is 29.3 Å². The highest BCUT2D eigenvalue weighted by Gasteiger charge is 2.13. The Balaban J connectivity index is 1.33. The third-order valence-corrected chi connectivity index (χ3v) is 5.58. The van der Waals surface area contributed by atoms with Gasteiger partial charge in [0.1, 0.15) is 12.4 Å². The number of carbonyl (C=O) groups is 1. The number of hydrogen-bond acceptors (Lipinski definition) is 5. The van der Waals surface area contributed by atoms with E-state index in [9.17, 15) is 4.79 Å². The minimum atomic E-state index is -0.328. The second kappa shape index (κ2) is 9.27. The van der Waals surface area contributed by atoms with Crippen LogP contribution in [0.1, 0.15) is 34.4 Å². The van der Waals surface area contributed by atoms with Crippen LogP contribution in [0, 0.1) is 13.8 Å². The maximum absolute atomic E-state index is 12.6. The highest BCUT2D eigenvalue weighted by molar-refractivity contribution is 6.31. The van der Waals surface area contributed by atoms with E-state index in [0.717, 1.165) is 23.6 Å². The SMILES string of the molecule is CCc1ccc(OCn2cc(NC(=O)c3ccn(Cn4nc(C)c(Cl)c4C)n3)cn2)cc1. The Kier molecular flexibility index (Phi) is 6.27. The molecule has 0 atom stereocenters. The average Bonchev–Trinajstić information content (AvgIpc) is 3.50. The van der Waals surface area contributed by atoms with Crippen molar-refractivity contribution in [3.8, 4) is 5.75 Å². The smallest absolute Gasteiger partial charge is 0.276 e. The molecular weight excluding hydrogens is 430 g/mol. The summed E-state index contributed by atoms with van der Waals surface area (Å²) in [5.74, 6) is 0.434. The molecule has 0 saturated carbocycles. The Morgan fingerprint density at radius 3 is 2.59 bits per heavy atom. The molecule has 32 heavy (non-hydrogen) atoms. The Morgan fingerprint density at radius 1 is 1.12 bits per heavy atom. The molecule has 0 aliphatic carbocycles. The minimum absolute atomic E-state index is 0.237. The first-order chi connectivity index (χ1) is 15.4. The standard InChI is InChI=1S/C22H24ClN7O2/c1-4-17-5-7-19(8-6-17)32-14-29-12-18(11-24-29)25-22(31)20-9-10-28(27-20)13-30-16(3)21(23)15(2)26-30/h5-12H,4,13-14H2,1-3H3,(H,25,31). The van der Waals surface area contributed by atoms with Gasteiger partial charge in [0, 0.05) is 6.20 Å². The number of nitrogens with one attached hydrogen (secondary N) is 1. The maximum Gasteiger partial charge on any atom is 0.276 e. The highest BCUT2D eigenvalue weighted by atomic mass is 35.5. The summed E-state index contributed by atoms with van der Waals surface area (Å²) >= 11 is 6.19. The molecule has 0 fully saturated rings. The number of aromatic nitrogens is 6. The van der Waals surface area contributed by atoms with Crippen LogP contribution in [0.2, 0.25) is 5.02 Å². The summed E-state index contributed by atoms with van der Waals surface area (Å²) in [6, 6.07) is 9.58. The summed E-state index contributed by atoms with van der Waals surface area (Å²) in [5, 5.41) is 16.4. The fourth-order valence-corrected chi connectivity index (χ4v) is 3.30. The summed E-state index contributed by atoms with van der Waals surface area (Å²) in [5.41, 5.74) is 3.70. The number of halogens is 1. The largest absolute Gasteiger partial charge is 0.471 e. The zero-order valence-electron chi connectivity index (χ0n) is 18.1. The lowest BCUT2D eigenvalue weighted by Crippen LogP contribution is -2.15. The first-order valence-corrected chi connectivity index (χ1v) is 10.6. The van der Waals surface area contributed by atoms with Gasteiger partial charge in [0.25, 0.3) is 5.91 Å². The number of hydrogen-bond donors (Lipinski definition) is 1. The topological polar surface area (TPSA) is 91.8 Å². The number of anilines is 1. The van der Waals surface area contributed by atoms with Crippen molar-refractivity contribution >= 4 is 23.2 Å². The number of rotatable bonds is 8. The molecule has 10 heteroatoms. The first-order valence-electron chi connectivity index (χ1n) is 10.2. The third kappa shape index (κ3) is 4.83. The zero-order chi connectivity index (χ0) is 22.7. The normalized spacial score (nSPS) is 11.0. The van der Waals surface area contributed by atoms with Gasteiger partial charge < -0.3 is 10.1 Å². The molecule has 4 rings (SSSR count). The zero-order valence-corrected chi connectivity index (χ0v) is 18.9. The van der Waals surface area contributed by atoms with Gasteiger partial charge in [-0.3, -0.25) is 9.48 Å². The number of carbonyl (C=O) groups excluding carboxylic acids is 1. The first kappa shape index (κ1) is 21.6. The monoisotopic (exact) mass is 453 g/mol. The summed E-state index contributed by atoms with van der Waals surface area (Å²) < 4.78 is 10.7. The Morgan fingerprint density at radius 2 is 1.91 bits per heavy atom. The number of ether oxygens (including phenoxy) is 1. The van der Waals surface area contributed by atoms with Gasteiger partial charge >= 0.3 is 0 Å². The lowest BCUT2D eigenvalue weighted by atomic mass is 10.2. The van der Waals surface area contributed by atoms with Gasteiger partial charge in [-0.15, -0.1) is 0 Å². The second-order valence-corrected chi connectivity index (χ2v) is 7.74. The van der Waals surface area contributed by atoms with E-state index >= 15 is 0 Å². The van der Waals surface area contributed by atoms with Gasteiger partial charge in [-0.05, 0) is 44.0 Å². The molecule has 0 unspecified atom stereocenters. The van der Waals surface area contributed by atoms with Crippen LogP contribution in [0.25, 0.3) is 0 Å². The van der Waals surface area contributed by atoms with E-state index in [4.69, 9.17) is 16.3 Å². The predicted octanol–water partition coefficient (Wildman–Crippen LogP) is 3.90. The van der Waals surface area contributed by atoms with E-state index < -0.39 is 0 Å². The minimum Gasteiger partial charge on any atom is -0.471 e. The Bertz CT molecular complexity index is 1220. The molecule has 166 valence electrons. The summed E-state index contributed by atoms with van der Waals surface area (Å²) in [6.45, 7) is 6.45. The Hall–Kier alpha value is -3.59. The van der Waals surface area contributed by atoms with E-state index in [1.165, 1.54) is 5.56 Å². The van der Waals surface area contributed by atoms with E-state index in [-0.39, 0.29) is 18.3 Å². The van der Waals surface area contributed by atoms with Crippen molar-refractivity contribution in [2.24, 2.45) is 0 Å². The molecule has 1 amide bonds. The summed E-state index contributed by atoms with van der Waals surface area (Å²) in [6.07, 6.45) is 5.97. The van der Waals surface area contributed by atoms with Crippen LogP contribution >= 0.6 is 11.6 Å². The van der Waals surface area contributed by atoms with Gasteiger partial charge in [-0.2, -0.15) is 15.3 Å². The van der Waals surface area contributed by atoms with E-state index in [0.29, 0.717) is 17.4 Å². The fourth-order valence-electron chi connectivity index (χ4n) is 3.17. The maximum atomic E-state index is 12.6. The summed E-state index contributed by atoms with van der Waals surface area (Å²) in [4.78, 5) is 12.6. The van der Waals surface area contributed by atoms with Crippen molar-refractivity contribution in [1.29, 1.82) is 0 Å². The van der Waals surface area contributed by atoms with E-state index in [1.807, 2.05) is 38.1 Å². The second-order valence-electron chi connectivity index (χ2n) is 7.36. The van der Waals surface area contributed by atoms with Crippen LogP contribution in [0.5, 0.6) is 5.75 Å². The third-order valence-electron chi connectivity index (χ3n) is 5.03. The van der Waals surface area contributed by atoms with Gasteiger partial charge in [0.05, 0.1) is 34.5 Å². The van der Waals surface area contributed by atoms with Gasteiger partial charge in [-0.1, -0.05) is 30.7 Å². The molecule has 1 N–H and O–H groups in total. The van der Waals surface area contributed by atoms with Crippen molar-refractivity contribution in [3.05, 3.63) is 76.6 Å². The quantitative estimate of drug-likeness (QED) is 0.436. The van der Waals surface area contributed by atoms with E-state index in [1.54, 1.807) is 38.7 Å². The predicted molar refractivity (Wildman–Crippen MR) is 121 cm³/mol. The summed E-state index contributed by atoms with van der Waals surface area (Å²) in [7, 11) is 0. The Labute approximate surface area is 190 Å². The van der Waals surface area contributed by atoms with Crippen molar-refractivity contribution in [2.45, 2.75) is 40.6 Å². The van der Waals surface area contributed by atoms with Crippen LogP contribution in [-0.2, 0) is 19.8 Å². The van der Waals surface area contributed by atoms with Crippen molar-refractivity contribution < 1.29 is 9.53 Å². The number of nitrogens with zero attached hydrogens (tertiary/aromatic N) is 6. The number of aryl methyl sites for hydroxylation is 2. The van der Waals surface area contributed by atoms with Crippen LogP contribution < -0.4 is 10.1 Å². The van der Waals surface area contributed by atoms with Gasteiger partial charge in [-0.25, -0.2) is 9.36 Å². The average molecular weight is 454 g/mol. The van der Waals surface area contributed by atoms with Gasteiger partial charge in [0.15, 0.2) is 12.4 Å². The van der Waals surface area contributed by atoms with Crippen LogP contribution in [0.4, 0.5) is 5.69 Å². The van der Waals surface area contributed by atoms with Crippen LogP contribution in [0.3, 0.4) is 0 Å². The number of benzene rings is 1. The molecule has 0 aliphatic heterocycles. The lowest BCUT2D eigenvalue weighted by molar-refractivity contribution is 0.102. The van der Waals surface area contributed by atoms with Gasteiger partial charge in [0.2, 0.25) is 0 Å². The molecule has 4 aromatic rings. The highest BCUT2D eigenvalue weighted by Crippen LogP contribution is 2.19. The lowest BCUT2D eigenvalue weighted by Gasteiger charge is -2.06. The number of amides is 1. The molecule has 1 aromatic carbocycles. The molecule has 3 aromatic heterocycles. The molecule has 9 nitrogen and oxygen atoms in total. The molecular formula is C22H24ClN7O2. The molecule has 3 heterocycles. The van der Waals surface area contributed by atoms with Crippen molar-refractivity contribution in [2.75, 3.05) is 5.32 Å². The molecule has 0 bridgehead atoms. The van der Waals surface area contributed by atoms with Crippen LogP contribution in [0.15, 0.2) is 48.9 Å². The molecule has 0 saturated heterocycles. The van der Waals surface area contributed by atoms with E-state index in [2.05, 4.69) is 27.5 Å². The molecule has 0 aliphatic rings. The van der Waals surface area contributed by atoms with Crippen molar-refractivity contribution in [3.63, 3.8) is 0 Å².